The van der Waals surface area contributed by atoms with Crippen molar-refractivity contribution < 1.29 is 29.2 Å². The van der Waals surface area contributed by atoms with Crippen LogP contribution in [0.15, 0.2) is 65.5 Å². The normalized spacial score (nSPS) is 23.7. The molecule has 5 heterocycles. The highest BCUT2D eigenvalue weighted by molar-refractivity contribution is 6.31. The van der Waals surface area contributed by atoms with Crippen molar-refractivity contribution in [2.75, 3.05) is 68.7 Å². The number of quaternary nitrogens is 1. The van der Waals surface area contributed by atoms with E-state index in [4.69, 9.17) is 16.3 Å². The summed E-state index contributed by atoms with van der Waals surface area (Å²) in [6, 6.07) is 19.7. The van der Waals surface area contributed by atoms with Gasteiger partial charge in [0.25, 0.3) is 11.5 Å². The van der Waals surface area contributed by atoms with E-state index in [1.165, 1.54) is 0 Å². The van der Waals surface area contributed by atoms with Gasteiger partial charge in [-0.1, -0.05) is 44.5 Å². The number of rotatable bonds is 10. The summed E-state index contributed by atoms with van der Waals surface area (Å²) in [5, 5.41) is 22.5. The van der Waals surface area contributed by atoms with E-state index in [9.17, 15) is 29.2 Å². The Morgan fingerprint density at radius 2 is 1.49 bits per heavy atom. The van der Waals surface area contributed by atoms with Crippen LogP contribution in [0.2, 0.25) is 5.02 Å². The highest BCUT2D eigenvalue weighted by atomic mass is 35.5. The number of nitriles is 1. The number of carbonyl (C=O) groups excluding carboxylic acids is 4. The molecule has 16 nitrogen and oxygen atoms in total. The molecule has 1 aliphatic carbocycles. The molecule has 5 fully saturated rings. The Morgan fingerprint density at radius 3 is 2.15 bits per heavy atom. The number of hydrogen-bond acceptors (Lipinski definition) is 12. The quantitative estimate of drug-likeness (QED) is 0.217. The number of halogens is 1. The average Bonchev–Trinajstić information content (AvgIpc) is 3.33. The Morgan fingerprint density at radius 1 is 0.836 bits per heavy atom. The van der Waals surface area contributed by atoms with Crippen molar-refractivity contribution in [3.8, 4) is 11.8 Å². The maximum Gasteiger partial charge on any atom is 0.342 e. The van der Waals surface area contributed by atoms with E-state index in [0.29, 0.717) is 51.8 Å². The number of amides is 4. The zero-order valence-electron chi connectivity index (χ0n) is 38.7. The van der Waals surface area contributed by atoms with Crippen LogP contribution in [0.1, 0.15) is 88.2 Å². The van der Waals surface area contributed by atoms with Crippen LogP contribution in [0.4, 0.5) is 11.4 Å². The summed E-state index contributed by atoms with van der Waals surface area (Å²) >= 11 is 6.27. The molecule has 1 atom stereocenters. The summed E-state index contributed by atoms with van der Waals surface area (Å²) in [4.78, 5) is 74.1. The number of piperidine rings is 3. The van der Waals surface area contributed by atoms with Crippen LogP contribution in [-0.2, 0) is 14.4 Å². The van der Waals surface area contributed by atoms with Crippen molar-refractivity contribution in [1.29, 1.82) is 5.26 Å². The van der Waals surface area contributed by atoms with Crippen molar-refractivity contribution in [1.82, 2.24) is 30.1 Å². The fourth-order valence-electron chi connectivity index (χ4n) is 11.6. The molecule has 3 N–H and O–H groups in total. The molecule has 4 amide bonds. The lowest BCUT2D eigenvalue weighted by Crippen LogP contribution is -2.94. The predicted molar refractivity (Wildman–Crippen MR) is 253 cm³/mol. The first-order valence-electron chi connectivity index (χ1n) is 23.7. The third-order valence-electron chi connectivity index (χ3n) is 15.2. The summed E-state index contributed by atoms with van der Waals surface area (Å²) in [5.41, 5.74) is 2.36. The zero-order chi connectivity index (χ0) is 47.2. The number of fused-ring (bicyclic) bond motifs is 1. The van der Waals surface area contributed by atoms with Crippen LogP contribution in [0.25, 0.3) is 10.9 Å². The Bertz CT molecular complexity index is 2640. The summed E-state index contributed by atoms with van der Waals surface area (Å²) in [6.07, 6.45) is 3.89. The third-order valence-corrected chi connectivity index (χ3v) is 15.5. The SMILES string of the molecule is CC1(C)C(NC(=O)c2ccc(N3CCC(CN4CCN(C(=O)C5CCN(c6ccc7nnn(C8CCC(=O)[NH2+]C8=O)c(=O)c7c6)CC5)CC4)CC3)cc2)C(C)(C)C1Oc1ccc(C#N)c(Cl)c1. The molecule has 3 aromatic carbocycles. The lowest BCUT2D eigenvalue weighted by molar-refractivity contribution is -0.495. The monoisotopic (exact) mass is 931 g/mol. The first-order valence-corrected chi connectivity index (χ1v) is 24.1. The maximum atomic E-state index is 13.7. The predicted octanol–water partition coefficient (Wildman–Crippen LogP) is 4.16. The number of aromatic nitrogens is 3. The van der Waals surface area contributed by atoms with Gasteiger partial charge in [0, 0.05) is 105 Å². The topological polar surface area (TPSA) is 191 Å². The van der Waals surface area contributed by atoms with Crippen molar-refractivity contribution in [3.63, 3.8) is 0 Å². The standard InChI is InChI=1S/C50H59ClN10O6/c1-49(2)47(50(3,4)48(49)67-37-11-7-34(29-52)39(51)28-37)54-43(63)32-5-8-35(9-6-32)58-19-15-31(16-20-58)30-57-23-25-60(26-24-57)45(65)33-17-21-59(22-18-33)36-10-12-40-38(27-36)46(66)61(56-55-40)41-13-14-42(62)53-44(41)64/h5-12,27-28,31,33,41,47-48H,13-26,30H2,1-4H3,(H,54,63)(H,53,62,64)/p+1. The number of benzene rings is 3. The van der Waals surface area contributed by atoms with Gasteiger partial charge in [-0.05, 0) is 92.6 Å². The molecule has 1 unspecified atom stereocenters. The van der Waals surface area contributed by atoms with Gasteiger partial charge < -0.3 is 24.8 Å². The maximum absolute atomic E-state index is 13.7. The number of imide groups is 1. The van der Waals surface area contributed by atoms with Gasteiger partial charge >= 0.3 is 11.8 Å². The molecule has 0 spiro atoms. The Balaban J connectivity index is 0.699. The fourth-order valence-corrected chi connectivity index (χ4v) is 11.8. The number of piperazine rings is 1. The van der Waals surface area contributed by atoms with Crippen LogP contribution >= 0.6 is 11.6 Å². The summed E-state index contributed by atoms with van der Waals surface area (Å²) in [6.45, 7) is 16.0. The molecule has 0 bridgehead atoms. The van der Waals surface area contributed by atoms with E-state index in [-0.39, 0.29) is 59.5 Å². The number of nitrogens with zero attached hydrogens (tertiary/aromatic N) is 8. The molecule has 1 saturated carbocycles. The molecule has 1 aromatic heterocycles. The van der Waals surface area contributed by atoms with E-state index < -0.39 is 17.5 Å². The van der Waals surface area contributed by atoms with Gasteiger partial charge in [-0.2, -0.15) is 9.94 Å². The summed E-state index contributed by atoms with van der Waals surface area (Å²) in [5.74, 6) is 0.627. The molecular formula is C50H60ClN10O6+. The number of hydrogen-bond donors (Lipinski definition) is 2. The lowest BCUT2D eigenvalue weighted by atomic mass is 9.49. The highest BCUT2D eigenvalue weighted by Crippen LogP contribution is 2.55. The Kier molecular flexibility index (Phi) is 12.9. The number of nitrogens with one attached hydrogen (secondary N) is 1. The molecule has 5 aliphatic rings. The van der Waals surface area contributed by atoms with Gasteiger partial charge in [0.15, 0.2) is 6.04 Å². The first kappa shape index (κ1) is 46.2. The molecular weight excluding hydrogens is 872 g/mol. The van der Waals surface area contributed by atoms with Crippen LogP contribution in [0.3, 0.4) is 0 Å². The van der Waals surface area contributed by atoms with Crippen LogP contribution in [0, 0.1) is 34.0 Å². The molecule has 4 saturated heterocycles. The lowest BCUT2D eigenvalue weighted by Gasteiger charge is -2.63. The van der Waals surface area contributed by atoms with E-state index in [2.05, 4.69) is 76.2 Å². The number of carbonyl (C=O) groups is 4. The molecule has 67 heavy (non-hydrogen) atoms. The van der Waals surface area contributed by atoms with Crippen molar-refractivity contribution >= 4 is 57.5 Å². The number of ether oxygens (including phenoxy) is 1. The van der Waals surface area contributed by atoms with Gasteiger partial charge in [0.05, 0.1) is 22.4 Å². The Labute approximate surface area is 395 Å². The Hall–Kier alpha value is -5.89. The zero-order valence-corrected chi connectivity index (χ0v) is 39.5. The summed E-state index contributed by atoms with van der Waals surface area (Å²) in [7, 11) is 0. The van der Waals surface area contributed by atoms with Gasteiger partial charge in [0.1, 0.15) is 23.4 Å². The molecule has 9 rings (SSSR count). The first-order chi connectivity index (χ1) is 32.1. The minimum Gasteiger partial charge on any atom is -0.489 e. The largest absolute Gasteiger partial charge is 0.489 e. The van der Waals surface area contributed by atoms with E-state index in [1.807, 2.05) is 23.1 Å². The van der Waals surface area contributed by atoms with Crippen LogP contribution in [0.5, 0.6) is 5.75 Å². The molecule has 0 radical (unpaired) electrons. The van der Waals surface area contributed by atoms with E-state index in [0.717, 1.165) is 92.9 Å². The second kappa shape index (κ2) is 18.7. The van der Waals surface area contributed by atoms with Gasteiger partial charge in [0.2, 0.25) is 5.91 Å². The molecule has 17 heteroatoms. The number of primary amides is 2. The molecule has 352 valence electrons. The van der Waals surface area contributed by atoms with E-state index >= 15 is 0 Å². The van der Waals surface area contributed by atoms with Crippen molar-refractivity contribution in [3.05, 3.63) is 87.2 Å². The molecule has 4 aliphatic heterocycles. The van der Waals surface area contributed by atoms with Gasteiger partial charge in [-0.3, -0.25) is 19.3 Å². The second-order valence-corrected chi connectivity index (χ2v) is 20.7. The average molecular weight is 933 g/mol. The molecule has 4 aromatic rings. The minimum absolute atomic E-state index is 0.0342. The number of anilines is 2. The van der Waals surface area contributed by atoms with E-state index in [1.54, 1.807) is 30.3 Å². The van der Waals surface area contributed by atoms with Crippen LogP contribution in [-0.4, -0.2) is 119 Å². The van der Waals surface area contributed by atoms with Crippen molar-refractivity contribution in [2.45, 2.75) is 84.4 Å². The number of nitrogens with two attached hydrogens (primary N) is 1. The van der Waals surface area contributed by atoms with Gasteiger partial charge in [-0.15, -0.1) is 5.10 Å². The summed E-state index contributed by atoms with van der Waals surface area (Å²) < 4.78 is 7.51. The van der Waals surface area contributed by atoms with Crippen LogP contribution < -0.4 is 30.7 Å². The third kappa shape index (κ3) is 9.25. The fraction of sp³-hybridized carbons (Fsp3) is 0.520. The van der Waals surface area contributed by atoms with Gasteiger partial charge in [-0.25, -0.2) is 14.9 Å². The second-order valence-electron chi connectivity index (χ2n) is 20.3. The highest BCUT2D eigenvalue weighted by Gasteiger charge is 2.64. The minimum atomic E-state index is -0.824. The smallest absolute Gasteiger partial charge is 0.342 e. The van der Waals surface area contributed by atoms with Crippen molar-refractivity contribution in [2.24, 2.45) is 22.7 Å².